The minimum atomic E-state index is -5.00. The molecule has 0 aliphatic carbocycles. The maximum atomic E-state index is 13.3. The monoisotopic (exact) mass is 585 g/mol. The summed E-state index contributed by atoms with van der Waals surface area (Å²) in [7, 11) is 3.26. The smallest absolute Gasteiger partial charge is 0.410 e. The number of rotatable bonds is 5. The van der Waals surface area contributed by atoms with E-state index >= 15 is 0 Å². The Labute approximate surface area is 232 Å². The number of nitrogens with zero attached hydrogens (tertiary/aromatic N) is 3. The van der Waals surface area contributed by atoms with Crippen LogP contribution in [0.3, 0.4) is 0 Å². The first kappa shape index (κ1) is 29.5. The highest BCUT2D eigenvalue weighted by molar-refractivity contribution is 6.33. The average Bonchev–Trinajstić information content (AvgIpc) is 2.88. The van der Waals surface area contributed by atoms with Crippen LogP contribution in [-0.4, -0.2) is 56.2 Å². The molecule has 0 saturated carbocycles. The van der Waals surface area contributed by atoms with Crippen LogP contribution in [-0.2, 0) is 18.9 Å². The van der Waals surface area contributed by atoms with Gasteiger partial charge in [0.05, 0.1) is 11.1 Å². The number of amides is 1. The highest BCUT2D eigenvalue weighted by Crippen LogP contribution is 2.39. The molecule has 5 nitrogen and oxygen atoms in total. The molecular formula is C28H26ClF6N3O2. The van der Waals surface area contributed by atoms with E-state index in [9.17, 15) is 31.1 Å². The molecule has 1 aliphatic rings. The summed E-state index contributed by atoms with van der Waals surface area (Å²) >= 11 is 6.44. The fourth-order valence-corrected chi connectivity index (χ4v) is 4.62. The van der Waals surface area contributed by atoms with E-state index in [-0.39, 0.29) is 17.4 Å². The summed E-state index contributed by atoms with van der Waals surface area (Å²) in [5.41, 5.74) is -1.27. The first-order valence-electron chi connectivity index (χ1n) is 12.3. The summed E-state index contributed by atoms with van der Waals surface area (Å²) in [5, 5.41) is 0.410. The van der Waals surface area contributed by atoms with Crippen LogP contribution in [0.5, 0.6) is 5.75 Å². The SMILES string of the molecule is CN1CCN(c2ccc(OC(=O)N(C)Cc3cc(C(F)(F)F)cc(C(F)(F)F)c3)c(-c3ccccc3Cl)c2)CC1. The van der Waals surface area contributed by atoms with Crippen molar-refractivity contribution in [2.24, 2.45) is 0 Å². The normalized spacial score (nSPS) is 14.8. The second kappa shape index (κ2) is 11.6. The van der Waals surface area contributed by atoms with Crippen molar-refractivity contribution in [3.05, 3.63) is 82.4 Å². The Morgan fingerprint density at radius 1 is 0.875 bits per heavy atom. The quantitative estimate of drug-likeness (QED) is 0.292. The van der Waals surface area contributed by atoms with E-state index in [1.54, 1.807) is 36.4 Å². The van der Waals surface area contributed by atoms with Gasteiger partial charge >= 0.3 is 18.4 Å². The number of anilines is 1. The number of carbonyl (C=O) groups is 1. The maximum absolute atomic E-state index is 13.3. The highest BCUT2D eigenvalue weighted by Gasteiger charge is 2.37. The molecule has 214 valence electrons. The third-order valence-electron chi connectivity index (χ3n) is 6.57. The number of likely N-dealkylation sites (N-methyl/N-ethyl adjacent to an activating group) is 1. The molecule has 0 radical (unpaired) electrons. The van der Waals surface area contributed by atoms with Crippen molar-refractivity contribution in [2.75, 3.05) is 45.2 Å². The lowest BCUT2D eigenvalue weighted by Gasteiger charge is -2.34. The second-order valence-corrected chi connectivity index (χ2v) is 10.00. The van der Waals surface area contributed by atoms with Gasteiger partial charge in [0.25, 0.3) is 0 Å². The Morgan fingerprint density at radius 3 is 2.05 bits per heavy atom. The van der Waals surface area contributed by atoms with Crippen LogP contribution in [0.1, 0.15) is 16.7 Å². The Morgan fingerprint density at radius 2 is 1.48 bits per heavy atom. The molecule has 1 fully saturated rings. The molecule has 4 rings (SSSR count). The predicted octanol–water partition coefficient (Wildman–Crippen LogP) is 7.43. The van der Waals surface area contributed by atoms with E-state index in [1.807, 2.05) is 13.1 Å². The van der Waals surface area contributed by atoms with E-state index < -0.39 is 36.1 Å². The molecule has 0 atom stereocenters. The summed E-state index contributed by atoms with van der Waals surface area (Å²) in [6.07, 6.45) is -11.0. The molecule has 12 heteroatoms. The minimum absolute atomic E-state index is 0.0413. The Bertz CT molecular complexity index is 1340. The van der Waals surface area contributed by atoms with Gasteiger partial charge in [-0.2, -0.15) is 26.3 Å². The molecule has 40 heavy (non-hydrogen) atoms. The Hall–Kier alpha value is -3.44. The molecule has 0 spiro atoms. The van der Waals surface area contributed by atoms with Gasteiger partial charge in [0.2, 0.25) is 0 Å². The fourth-order valence-electron chi connectivity index (χ4n) is 4.38. The van der Waals surface area contributed by atoms with Gasteiger partial charge in [-0.3, -0.25) is 0 Å². The van der Waals surface area contributed by atoms with Crippen LogP contribution in [0, 0.1) is 0 Å². The number of benzene rings is 3. The van der Waals surface area contributed by atoms with Gasteiger partial charge in [0, 0.05) is 61.6 Å². The summed E-state index contributed by atoms with van der Waals surface area (Å²) in [5.74, 6) is 0.142. The van der Waals surface area contributed by atoms with Gasteiger partial charge in [-0.1, -0.05) is 29.8 Å². The predicted molar refractivity (Wildman–Crippen MR) is 141 cm³/mol. The van der Waals surface area contributed by atoms with Crippen molar-refractivity contribution in [3.8, 4) is 16.9 Å². The summed E-state index contributed by atoms with van der Waals surface area (Å²) in [6.45, 7) is 2.77. The van der Waals surface area contributed by atoms with Crippen molar-refractivity contribution in [1.29, 1.82) is 0 Å². The molecule has 0 N–H and O–H groups in total. The minimum Gasteiger partial charge on any atom is -0.410 e. The van der Waals surface area contributed by atoms with E-state index in [2.05, 4.69) is 9.80 Å². The molecule has 1 saturated heterocycles. The van der Waals surface area contributed by atoms with Gasteiger partial charge < -0.3 is 19.4 Å². The standard InChI is InChI=1S/C28H26ClF6N3O2/c1-36-9-11-38(12-10-36)21-7-8-25(23(16-21)22-5-3-4-6-24(22)29)40-26(39)37(2)17-18-13-19(27(30,31)32)15-20(14-18)28(33,34)35/h3-8,13-16H,9-12,17H2,1-2H3. The fraction of sp³-hybridized carbons (Fsp3) is 0.321. The van der Waals surface area contributed by atoms with Crippen LogP contribution in [0.4, 0.5) is 36.8 Å². The molecule has 1 amide bonds. The van der Waals surface area contributed by atoms with Crippen LogP contribution >= 0.6 is 11.6 Å². The van der Waals surface area contributed by atoms with Crippen molar-refractivity contribution in [3.63, 3.8) is 0 Å². The lowest BCUT2D eigenvalue weighted by Crippen LogP contribution is -2.44. The lowest BCUT2D eigenvalue weighted by atomic mass is 10.0. The third-order valence-corrected chi connectivity index (χ3v) is 6.90. The number of hydrogen-bond donors (Lipinski definition) is 0. The van der Waals surface area contributed by atoms with Crippen molar-refractivity contribution < 1.29 is 35.9 Å². The van der Waals surface area contributed by atoms with E-state index in [0.29, 0.717) is 28.3 Å². The van der Waals surface area contributed by atoms with Crippen LogP contribution in [0.15, 0.2) is 60.7 Å². The van der Waals surface area contributed by atoms with E-state index in [4.69, 9.17) is 16.3 Å². The number of alkyl halides is 6. The molecule has 1 aliphatic heterocycles. The van der Waals surface area contributed by atoms with Gasteiger partial charge in [0.15, 0.2) is 0 Å². The summed E-state index contributed by atoms with van der Waals surface area (Å²) < 4.78 is 85.1. The molecule has 3 aromatic carbocycles. The molecule has 1 heterocycles. The zero-order valence-corrected chi connectivity index (χ0v) is 22.4. The second-order valence-electron chi connectivity index (χ2n) is 9.59. The molecule has 3 aromatic rings. The lowest BCUT2D eigenvalue weighted by molar-refractivity contribution is -0.143. The third kappa shape index (κ3) is 7.00. The molecule has 0 unspecified atom stereocenters. The zero-order valence-electron chi connectivity index (χ0n) is 21.6. The van der Waals surface area contributed by atoms with Crippen molar-refractivity contribution in [1.82, 2.24) is 9.80 Å². The summed E-state index contributed by atoms with van der Waals surface area (Å²) in [4.78, 5) is 18.3. The number of piperazine rings is 1. The molecular weight excluding hydrogens is 560 g/mol. The molecule has 0 bridgehead atoms. The van der Waals surface area contributed by atoms with Gasteiger partial charge in [-0.15, -0.1) is 0 Å². The van der Waals surface area contributed by atoms with Crippen LogP contribution < -0.4 is 9.64 Å². The first-order chi connectivity index (χ1) is 18.7. The maximum Gasteiger partial charge on any atom is 0.416 e. The zero-order chi connectivity index (χ0) is 29.2. The van der Waals surface area contributed by atoms with Gasteiger partial charge in [0.1, 0.15) is 5.75 Å². The topological polar surface area (TPSA) is 36.0 Å². The number of ether oxygens (including phenoxy) is 1. The van der Waals surface area contributed by atoms with Crippen LogP contribution in [0.25, 0.3) is 11.1 Å². The van der Waals surface area contributed by atoms with Crippen molar-refractivity contribution in [2.45, 2.75) is 18.9 Å². The van der Waals surface area contributed by atoms with E-state index in [1.165, 1.54) is 7.05 Å². The average molecular weight is 586 g/mol. The number of halogens is 7. The van der Waals surface area contributed by atoms with E-state index in [0.717, 1.165) is 36.8 Å². The first-order valence-corrected chi connectivity index (χ1v) is 12.6. The largest absolute Gasteiger partial charge is 0.416 e. The Balaban J connectivity index is 1.61. The molecule has 0 aromatic heterocycles. The van der Waals surface area contributed by atoms with Crippen molar-refractivity contribution >= 4 is 23.4 Å². The number of carbonyl (C=O) groups excluding carboxylic acids is 1. The van der Waals surface area contributed by atoms with Gasteiger partial charge in [-0.25, -0.2) is 4.79 Å². The summed E-state index contributed by atoms with van der Waals surface area (Å²) in [6, 6.07) is 13.4. The Kier molecular flexibility index (Phi) is 8.55. The number of hydrogen-bond acceptors (Lipinski definition) is 4. The highest BCUT2D eigenvalue weighted by atomic mass is 35.5. The van der Waals surface area contributed by atoms with Gasteiger partial charge in [-0.05, 0) is 55.1 Å². The van der Waals surface area contributed by atoms with Crippen LogP contribution in [0.2, 0.25) is 5.02 Å².